The van der Waals surface area contributed by atoms with Crippen molar-refractivity contribution in [3.8, 4) is 22.8 Å². The molecule has 0 bridgehead atoms. The van der Waals surface area contributed by atoms with Crippen molar-refractivity contribution in [1.29, 1.82) is 0 Å². The van der Waals surface area contributed by atoms with Crippen LogP contribution >= 0.6 is 11.8 Å². The predicted molar refractivity (Wildman–Crippen MR) is 181 cm³/mol. The van der Waals surface area contributed by atoms with E-state index in [4.69, 9.17) is 14.5 Å². The molecule has 0 saturated carbocycles. The molecule has 3 heterocycles. The second-order valence-electron chi connectivity index (χ2n) is 11.9. The molecule has 9 heteroatoms. The van der Waals surface area contributed by atoms with Crippen molar-refractivity contribution in [2.24, 2.45) is 11.8 Å². The fraction of sp³-hybridized carbons (Fsp3) is 0.297. The van der Waals surface area contributed by atoms with Gasteiger partial charge < -0.3 is 19.7 Å². The summed E-state index contributed by atoms with van der Waals surface area (Å²) in [7, 11) is 0. The molecule has 4 atom stereocenters. The van der Waals surface area contributed by atoms with Crippen molar-refractivity contribution in [2.45, 2.75) is 38.0 Å². The molecule has 8 nitrogen and oxygen atoms in total. The van der Waals surface area contributed by atoms with Crippen LogP contribution in [0.25, 0.3) is 22.2 Å². The molecule has 0 unspecified atom stereocenters. The number of thioether (sulfide) groups is 1. The Hall–Kier alpha value is -4.63. The Balaban J connectivity index is 1.27. The first-order chi connectivity index (χ1) is 22.3. The summed E-state index contributed by atoms with van der Waals surface area (Å²) in [4.78, 5) is 43.7. The molecule has 0 spiro atoms. The van der Waals surface area contributed by atoms with Gasteiger partial charge in [-0.3, -0.25) is 14.4 Å². The van der Waals surface area contributed by atoms with Gasteiger partial charge >= 0.3 is 5.97 Å². The van der Waals surface area contributed by atoms with Gasteiger partial charge in [0.1, 0.15) is 11.5 Å². The van der Waals surface area contributed by atoms with Gasteiger partial charge in [-0.25, -0.2) is 4.98 Å². The van der Waals surface area contributed by atoms with Crippen molar-refractivity contribution in [3.05, 3.63) is 103 Å². The van der Waals surface area contributed by atoms with E-state index in [1.165, 1.54) is 18.7 Å². The van der Waals surface area contributed by atoms with Crippen molar-refractivity contribution < 1.29 is 23.9 Å². The van der Waals surface area contributed by atoms with Crippen LogP contribution in [-0.4, -0.2) is 52.7 Å². The van der Waals surface area contributed by atoms with Crippen LogP contribution in [0.3, 0.4) is 0 Å². The average Bonchev–Trinajstić information content (AvgIpc) is 3.39. The molecule has 2 saturated heterocycles. The van der Waals surface area contributed by atoms with E-state index < -0.39 is 5.97 Å². The topological polar surface area (TPSA) is 97.8 Å². The number of aryl methyl sites for hydroxylation is 1. The number of fused-ring (bicyclic) bond motifs is 2. The maximum Gasteiger partial charge on any atom is 0.303 e. The third kappa shape index (κ3) is 6.94. The van der Waals surface area contributed by atoms with Crippen molar-refractivity contribution >= 4 is 39.8 Å². The maximum atomic E-state index is 13.4. The Kier molecular flexibility index (Phi) is 9.40. The number of rotatable bonds is 10. The molecule has 46 heavy (non-hydrogen) atoms. The molecule has 2 aliphatic heterocycles. The Morgan fingerprint density at radius 1 is 1.09 bits per heavy atom. The highest BCUT2D eigenvalue weighted by atomic mass is 32.2. The van der Waals surface area contributed by atoms with Crippen LogP contribution in [0.5, 0.6) is 11.5 Å². The summed E-state index contributed by atoms with van der Waals surface area (Å²) in [5.74, 6) is 0.939. The number of hydrogen-bond donors (Lipinski definition) is 1. The Morgan fingerprint density at radius 2 is 1.85 bits per heavy atom. The number of ether oxygens (including phenoxy) is 2. The minimum Gasteiger partial charge on any atom is -0.457 e. The molecule has 2 amide bonds. The number of esters is 1. The maximum absolute atomic E-state index is 13.4. The van der Waals surface area contributed by atoms with Crippen LogP contribution in [-0.2, 0) is 14.3 Å². The number of aromatic nitrogens is 1. The number of piperidine rings is 1. The summed E-state index contributed by atoms with van der Waals surface area (Å²) in [6.45, 7) is 8.16. The monoisotopic (exact) mass is 635 g/mol. The molecule has 2 aliphatic rings. The minimum atomic E-state index is -0.492. The van der Waals surface area contributed by atoms with Crippen LogP contribution < -0.4 is 10.1 Å². The zero-order valence-corrected chi connectivity index (χ0v) is 26.8. The van der Waals surface area contributed by atoms with Gasteiger partial charge in [0.15, 0.2) is 6.61 Å². The second kappa shape index (κ2) is 13.8. The zero-order chi connectivity index (χ0) is 32.2. The Bertz CT molecular complexity index is 1760. The lowest BCUT2D eigenvalue weighted by Crippen LogP contribution is -2.45. The van der Waals surface area contributed by atoms with E-state index in [1.807, 2.05) is 65.6 Å². The highest BCUT2D eigenvalue weighted by Gasteiger charge is 2.46. The van der Waals surface area contributed by atoms with Gasteiger partial charge in [0.2, 0.25) is 0 Å². The number of nitrogens with one attached hydrogen (secondary N) is 1. The van der Waals surface area contributed by atoms with Crippen LogP contribution in [0.2, 0.25) is 0 Å². The van der Waals surface area contributed by atoms with Crippen LogP contribution in [0, 0.1) is 18.8 Å². The van der Waals surface area contributed by atoms with E-state index in [1.54, 1.807) is 0 Å². The molecule has 3 aromatic carbocycles. The molecule has 1 aromatic heterocycles. The first-order valence-electron chi connectivity index (χ1n) is 15.5. The molecule has 4 aromatic rings. The summed E-state index contributed by atoms with van der Waals surface area (Å²) in [5.41, 5.74) is 4.93. The van der Waals surface area contributed by atoms with E-state index in [0.717, 1.165) is 57.6 Å². The first kappa shape index (κ1) is 31.4. The molecule has 1 N–H and O–H groups in total. The van der Waals surface area contributed by atoms with Gasteiger partial charge in [-0.1, -0.05) is 47.7 Å². The lowest BCUT2D eigenvalue weighted by Gasteiger charge is -2.39. The average molecular weight is 636 g/mol. The standard InChI is InChI=1S/C37H37N3O5S/c1-4-25(21-38-35(42)22-44-24(3)41)27-16-17-40-34(19-27)36(46-37(40)43)31-20-33(39-32-15-10-23(2)18-30(31)32)26-11-13-29(14-12-26)45-28-8-6-5-7-9-28/h4-15,18,20,25,27,34,36H,1,16-17,19,21-22H2,2-3H3,(H,38,42)/t25-,27-,34-,36+/m0/s1. The summed E-state index contributed by atoms with van der Waals surface area (Å²) in [6, 6.07) is 26.0. The predicted octanol–water partition coefficient (Wildman–Crippen LogP) is 7.47. The number of benzene rings is 3. The largest absolute Gasteiger partial charge is 0.457 e. The Morgan fingerprint density at radius 3 is 2.59 bits per heavy atom. The molecule has 6 rings (SSSR count). The lowest BCUT2D eigenvalue weighted by atomic mass is 9.79. The summed E-state index contributed by atoms with van der Waals surface area (Å²) in [5, 5.41) is 3.96. The molecule has 0 radical (unpaired) electrons. The minimum absolute atomic E-state index is 0.00365. The third-order valence-electron chi connectivity index (χ3n) is 8.78. The second-order valence-corrected chi connectivity index (χ2v) is 13.0. The highest BCUT2D eigenvalue weighted by Crippen LogP contribution is 2.51. The summed E-state index contributed by atoms with van der Waals surface area (Å²) in [6.07, 6.45) is 3.50. The van der Waals surface area contributed by atoms with Crippen LogP contribution in [0.4, 0.5) is 4.79 Å². The third-order valence-corrected chi connectivity index (χ3v) is 10.0. The summed E-state index contributed by atoms with van der Waals surface area (Å²) >= 11 is 1.40. The Labute approximate surface area is 273 Å². The smallest absolute Gasteiger partial charge is 0.303 e. The molecule has 236 valence electrons. The van der Waals surface area contributed by atoms with Gasteiger partial charge in [0, 0.05) is 37.0 Å². The quantitative estimate of drug-likeness (QED) is 0.143. The number of nitrogens with zero attached hydrogens (tertiary/aromatic N) is 2. The number of para-hydroxylation sites is 1. The number of pyridine rings is 1. The fourth-order valence-electron chi connectivity index (χ4n) is 6.41. The lowest BCUT2D eigenvalue weighted by molar-refractivity contribution is -0.146. The van der Waals surface area contributed by atoms with E-state index in [0.29, 0.717) is 13.1 Å². The number of carbonyl (C=O) groups excluding carboxylic acids is 3. The molecule has 0 aliphatic carbocycles. The van der Waals surface area contributed by atoms with Crippen molar-refractivity contribution in [2.75, 3.05) is 19.7 Å². The number of hydrogen-bond acceptors (Lipinski definition) is 7. The normalized spacial score (nSPS) is 19.7. The van der Waals surface area contributed by atoms with Gasteiger partial charge in [-0.2, -0.15) is 0 Å². The van der Waals surface area contributed by atoms with Gasteiger partial charge in [0.05, 0.1) is 16.5 Å². The number of carbonyl (C=O) groups is 3. The summed E-state index contributed by atoms with van der Waals surface area (Å²) < 4.78 is 10.8. The molecule has 2 fully saturated rings. The van der Waals surface area contributed by atoms with E-state index in [2.05, 4.69) is 43.1 Å². The van der Waals surface area contributed by atoms with Gasteiger partial charge in [-0.05, 0) is 91.8 Å². The first-order valence-corrected chi connectivity index (χ1v) is 16.4. The highest BCUT2D eigenvalue weighted by molar-refractivity contribution is 8.14. The van der Waals surface area contributed by atoms with Crippen molar-refractivity contribution in [3.63, 3.8) is 0 Å². The zero-order valence-electron chi connectivity index (χ0n) is 26.0. The van der Waals surface area contributed by atoms with E-state index in [9.17, 15) is 14.4 Å². The van der Waals surface area contributed by atoms with Crippen molar-refractivity contribution in [1.82, 2.24) is 15.2 Å². The van der Waals surface area contributed by atoms with Gasteiger partial charge in [-0.15, -0.1) is 6.58 Å². The molecular weight excluding hydrogens is 598 g/mol. The fourth-order valence-corrected chi connectivity index (χ4v) is 7.73. The SMILES string of the molecule is C=C[C@@H](CNC(=O)COC(C)=O)[C@H]1CCN2C(=O)S[C@H](c3cc(-c4ccc(Oc5ccccc5)cc4)nc4ccc(C)cc34)[C@@H]2C1. The van der Waals surface area contributed by atoms with Crippen LogP contribution in [0.15, 0.2) is 91.5 Å². The van der Waals surface area contributed by atoms with E-state index >= 15 is 0 Å². The van der Waals surface area contributed by atoms with Crippen LogP contribution in [0.1, 0.15) is 36.1 Å². The number of amides is 2. The molecular formula is C37H37N3O5S. The van der Waals surface area contributed by atoms with Gasteiger partial charge in [0.25, 0.3) is 11.1 Å². The van der Waals surface area contributed by atoms with E-state index in [-0.39, 0.29) is 40.9 Å².